The van der Waals surface area contributed by atoms with Crippen LogP contribution in [0.5, 0.6) is 0 Å². The van der Waals surface area contributed by atoms with Crippen molar-refractivity contribution in [2.24, 2.45) is 0 Å². The first-order valence-electron chi connectivity index (χ1n) is 10.1. The molecule has 1 aliphatic carbocycles. The Balaban J connectivity index is 1.83. The quantitative estimate of drug-likeness (QED) is 0.636. The zero-order valence-corrected chi connectivity index (χ0v) is 18.2. The van der Waals surface area contributed by atoms with Crippen molar-refractivity contribution in [1.82, 2.24) is 10.2 Å². The van der Waals surface area contributed by atoms with Crippen LogP contribution in [0.2, 0.25) is 0 Å². The summed E-state index contributed by atoms with van der Waals surface area (Å²) in [5.74, 6) is -0.800. The highest BCUT2D eigenvalue weighted by Crippen LogP contribution is 2.45. The fourth-order valence-electron chi connectivity index (χ4n) is 3.95. The highest BCUT2D eigenvalue weighted by Gasteiger charge is 2.47. The van der Waals surface area contributed by atoms with Crippen molar-refractivity contribution < 1.29 is 32.2 Å². The summed E-state index contributed by atoms with van der Waals surface area (Å²) in [5, 5.41) is 0.385. The second-order valence-corrected chi connectivity index (χ2v) is 8.22. The van der Waals surface area contributed by atoms with Crippen molar-refractivity contribution in [1.29, 1.82) is 0 Å². The molecule has 1 saturated heterocycles. The number of alkyl halides is 4. The van der Waals surface area contributed by atoms with Crippen LogP contribution in [0.15, 0.2) is 48.2 Å². The number of carbonyl (C=O) groups is 2. The number of likely N-dealkylation sites (tertiary alicyclic amines) is 1. The first-order chi connectivity index (χ1) is 15.1. The molecule has 1 aliphatic heterocycles. The average molecular weight is 473 g/mol. The number of methoxy groups -OCH3 is 1. The molecule has 0 aromatic heterocycles. The molecule has 6 nitrogen and oxygen atoms in total. The van der Waals surface area contributed by atoms with E-state index in [1.807, 2.05) is 0 Å². The summed E-state index contributed by atoms with van der Waals surface area (Å²) in [6.45, 7) is 0.258. The maximum Gasteiger partial charge on any atom is 0.524 e. The van der Waals surface area contributed by atoms with Gasteiger partial charge in [0.25, 0.3) is 0 Å². The molecule has 1 fully saturated rings. The fourth-order valence-corrected chi connectivity index (χ4v) is 4.35. The number of nitrogens with zero attached hydrogens (tertiary/aromatic N) is 1. The number of rotatable bonds is 6. The predicted octanol–water partition coefficient (Wildman–Crippen LogP) is 3.97. The van der Waals surface area contributed by atoms with Gasteiger partial charge in [0.2, 0.25) is 11.8 Å². The SMILES string of the molecule is COCC(=O)N1CCCCC1C(=O)NC1=CC=C(c2ccccc2)C(Cl)(OC(F)(F)F)C1. The van der Waals surface area contributed by atoms with Crippen LogP contribution < -0.4 is 5.32 Å². The number of ether oxygens (including phenoxy) is 2. The van der Waals surface area contributed by atoms with E-state index in [1.165, 1.54) is 24.2 Å². The molecule has 0 radical (unpaired) electrons. The van der Waals surface area contributed by atoms with E-state index in [9.17, 15) is 22.8 Å². The summed E-state index contributed by atoms with van der Waals surface area (Å²) in [5.41, 5.74) is 0.764. The molecule has 1 heterocycles. The summed E-state index contributed by atoms with van der Waals surface area (Å²) < 4.78 is 48.7. The molecule has 32 heavy (non-hydrogen) atoms. The fraction of sp³-hybridized carbons (Fsp3) is 0.455. The smallest absolute Gasteiger partial charge is 0.375 e. The van der Waals surface area contributed by atoms with Crippen LogP contribution in [0.1, 0.15) is 31.2 Å². The Kier molecular flexibility index (Phi) is 7.63. The minimum atomic E-state index is -4.99. The maximum atomic E-state index is 13.2. The van der Waals surface area contributed by atoms with Gasteiger partial charge in [0.1, 0.15) is 12.6 Å². The standard InChI is InChI=1S/C22H24ClF3N2O4/c1-31-14-19(29)28-12-6-5-9-18(28)20(30)27-16-10-11-17(15-7-3-2-4-8-15)21(23,13-16)32-22(24,25)26/h2-4,7-8,10-11,18H,5-6,9,12-14H2,1H3,(H,27,30). The zero-order chi connectivity index (χ0) is 23.4. The van der Waals surface area contributed by atoms with E-state index in [1.54, 1.807) is 30.3 Å². The third-order valence-electron chi connectivity index (χ3n) is 5.31. The Labute approximate surface area is 189 Å². The molecule has 2 atom stereocenters. The number of piperidine rings is 1. The summed E-state index contributed by atoms with van der Waals surface area (Å²) >= 11 is 6.36. The molecule has 174 valence electrons. The lowest BCUT2D eigenvalue weighted by Crippen LogP contribution is -2.53. The second-order valence-electron chi connectivity index (χ2n) is 7.61. The van der Waals surface area contributed by atoms with Gasteiger partial charge < -0.3 is 15.0 Å². The van der Waals surface area contributed by atoms with Gasteiger partial charge in [-0.25, -0.2) is 0 Å². The van der Waals surface area contributed by atoms with Gasteiger partial charge in [0.15, 0.2) is 5.06 Å². The molecule has 1 aromatic carbocycles. The first kappa shape index (κ1) is 24.3. The predicted molar refractivity (Wildman–Crippen MR) is 112 cm³/mol. The van der Waals surface area contributed by atoms with Crippen LogP contribution in [0.3, 0.4) is 0 Å². The third kappa shape index (κ3) is 5.90. The zero-order valence-electron chi connectivity index (χ0n) is 17.5. The Morgan fingerprint density at radius 3 is 2.59 bits per heavy atom. The molecule has 3 rings (SSSR count). The Bertz CT molecular complexity index is 904. The van der Waals surface area contributed by atoms with Gasteiger partial charge in [-0.2, -0.15) is 0 Å². The Hall–Kier alpha value is -2.36. The molecule has 0 saturated carbocycles. The number of hydrogen-bond acceptors (Lipinski definition) is 4. The molecule has 0 bridgehead atoms. The number of nitrogens with one attached hydrogen (secondary N) is 1. The summed E-state index contributed by atoms with van der Waals surface area (Å²) in [6, 6.07) is 7.60. The Morgan fingerprint density at radius 1 is 1.22 bits per heavy atom. The number of amides is 2. The number of halogens is 4. The molecule has 0 spiro atoms. The maximum absolute atomic E-state index is 13.2. The van der Waals surface area contributed by atoms with Crippen LogP contribution in [-0.2, 0) is 19.1 Å². The van der Waals surface area contributed by atoms with Gasteiger partial charge >= 0.3 is 6.36 Å². The lowest BCUT2D eigenvalue weighted by atomic mass is 9.92. The van der Waals surface area contributed by atoms with Crippen molar-refractivity contribution in [3.63, 3.8) is 0 Å². The van der Waals surface area contributed by atoms with E-state index in [4.69, 9.17) is 16.3 Å². The number of hydrogen-bond donors (Lipinski definition) is 1. The van der Waals surface area contributed by atoms with Gasteiger partial charge in [-0.3, -0.25) is 14.3 Å². The minimum Gasteiger partial charge on any atom is -0.375 e. The number of allylic oxidation sites excluding steroid dienone is 2. The molecule has 2 unspecified atom stereocenters. The summed E-state index contributed by atoms with van der Waals surface area (Å²) in [6.07, 6.45) is -0.538. The highest BCUT2D eigenvalue weighted by molar-refractivity contribution is 6.29. The first-order valence-corrected chi connectivity index (χ1v) is 10.5. The molecule has 2 aliphatic rings. The van der Waals surface area contributed by atoms with Crippen LogP contribution in [0.25, 0.3) is 5.57 Å². The largest absolute Gasteiger partial charge is 0.524 e. The van der Waals surface area contributed by atoms with E-state index in [0.29, 0.717) is 18.5 Å². The monoisotopic (exact) mass is 472 g/mol. The summed E-state index contributed by atoms with van der Waals surface area (Å²) in [7, 11) is 1.39. The van der Waals surface area contributed by atoms with E-state index in [0.717, 1.165) is 12.8 Å². The van der Waals surface area contributed by atoms with Crippen LogP contribution in [0.4, 0.5) is 13.2 Å². The van der Waals surface area contributed by atoms with Crippen LogP contribution in [0, 0.1) is 0 Å². The van der Waals surface area contributed by atoms with Crippen molar-refractivity contribution in [3.8, 4) is 0 Å². The Morgan fingerprint density at radius 2 is 1.94 bits per heavy atom. The van der Waals surface area contributed by atoms with E-state index in [2.05, 4.69) is 10.1 Å². The van der Waals surface area contributed by atoms with Gasteiger partial charge in [-0.1, -0.05) is 48.0 Å². The van der Waals surface area contributed by atoms with Gasteiger partial charge in [0.05, 0.1) is 0 Å². The van der Waals surface area contributed by atoms with Gasteiger partial charge in [-0.05, 0) is 30.9 Å². The normalized spacial score (nSPS) is 23.9. The molecule has 2 amide bonds. The van der Waals surface area contributed by atoms with Gasteiger partial charge in [0, 0.05) is 31.3 Å². The van der Waals surface area contributed by atoms with Crippen LogP contribution in [-0.4, -0.2) is 54.4 Å². The van der Waals surface area contributed by atoms with Crippen molar-refractivity contribution >= 4 is 29.0 Å². The van der Waals surface area contributed by atoms with Crippen molar-refractivity contribution in [2.75, 3.05) is 20.3 Å². The number of benzene rings is 1. The molecule has 1 N–H and O–H groups in total. The molecule has 1 aromatic rings. The van der Waals surface area contributed by atoms with Crippen molar-refractivity contribution in [2.45, 2.75) is 43.1 Å². The van der Waals surface area contributed by atoms with Gasteiger partial charge in [-0.15, -0.1) is 13.2 Å². The van der Waals surface area contributed by atoms with E-state index in [-0.39, 0.29) is 23.8 Å². The second kappa shape index (κ2) is 10.1. The average Bonchev–Trinajstić information content (AvgIpc) is 2.73. The number of carbonyl (C=O) groups excluding carboxylic acids is 2. The van der Waals surface area contributed by atoms with E-state index >= 15 is 0 Å². The topological polar surface area (TPSA) is 67.9 Å². The lowest BCUT2D eigenvalue weighted by molar-refractivity contribution is -0.342. The van der Waals surface area contributed by atoms with Crippen LogP contribution >= 0.6 is 11.6 Å². The lowest BCUT2D eigenvalue weighted by Gasteiger charge is -2.36. The van der Waals surface area contributed by atoms with E-state index < -0.39 is 29.8 Å². The summed E-state index contributed by atoms with van der Waals surface area (Å²) in [4.78, 5) is 26.7. The third-order valence-corrected chi connectivity index (χ3v) is 5.73. The molecular weight excluding hydrogens is 449 g/mol. The highest BCUT2D eigenvalue weighted by atomic mass is 35.5. The molecular formula is C22H24ClF3N2O4. The van der Waals surface area contributed by atoms with Crippen molar-refractivity contribution in [3.05, 3.63) is 53.7 Å². The minimum absolute atomic E-state index is 0.129. The molecule has 10 heteroatoms.